The summed E-state index contributed by atoms with van der Waals surface area (Å²) < 4.78 is 0. The number of aromatic nitrogens is 1. The minimum atomic E-state index is 0.521. The summed E-state index contributed by atoms with van der Waals surface area (Å²) in [6, 6.07) is 4.85. The molecule has 1 N–H and O–H groups in total. The van der Waals surface area contributed by atoms with Crippen LogP contribution in [0.1, 0.15) is 43.7 Å². The highest BCUT2D eigenvalue weighted by molar-refractivity contribution is 5.49. The molecule has 2 saturated heterocycles. The molecule has 3 rings (SSSR count). The summed E-state index contributed by atoms with van der Waals surface area (Å²) in [7, 11) is 0. The predicted octanol–water partition coefficient (Wildman–Crippen LogP) is 2.50. The largest absolute Gasteiger partial charge is 0.356 e. The van der Waals surface area contributed by atoms with Gasteiger partial charge in [0.05, 0.1) is 0 Å². The van der Waals surface area contributed by atoms with Crippen LogP contribution in [0.15, 0.2) is 18.3 Å². The van der Waals surface area contributed by atoms with E-state index in [2.05, 4.69) is 27.3 Å². The molecule has 1 aromatic heterocycles. The smallest absolute Gasteiger partial charge is 0.133 e. The summed E-state index contributed by atoms with van der Waals surface area (Å²) in [5.41, 5.74) is 1.41. The van der Waals surface area contributed by atoms with Gasteiger partial charge in [0, 0.05) is 30.9 Å². The summed E-state index contributed by atoms with van der Waals surface area (Å²) in [5.74, 6) is 1.23. The van der Waals surface area contributed by atoms with Crippen LogP contribution in [0.4, 0.5) is 5.82 Å². The second-order valence-corrected chi connectivity index (χ2v) is 5.11. The summed E-state index contributed by atoms with van der Waals surface area (Å²) >= 11 is 0. The third kappa shape index (κ3) is 2.29. The number of rotatable bonds is 2. The molecule has 0 spiro atoms. The molecule has 0 aromatic carbocycles. The van der Waals surface area contributed by atoms with Gasteiger partial charge in [0.15, 0.2) is 0 Å². The van der Waals surface area contributed by atoms with Gasteiger partial charge in [0.25, 0.3) is 0 Å². The van der Waals surface area contributed by atoms with Crippen LogP contribution in [0.5, 0.6) is 0 Å². The first-order chi connectivity index (χ1) is 8.45. The number of nitrogens with one attached hydrogen (secondary N) is 1. The highest BCUT2D eigenvalue weighted by Crippen LogP contribution is 2.30. The maximum absolute atomic E-state index is 4.62. The topological polar surface area (TPSA) is 28.2 Å². The second-order valence-electron chi connectivity index (χ2n) is 5.11. The van der Waals surface area contributed by atoms with Gasteiger partial charge in [-0.05, 0) is 38.3 Å². The van der Waals surface area contributed by atoms with Crippen LogP contribution in [0, 0.1) is 0 Å². The zero-order valence-electron chi connectivity index (χ0n) is 10.4. The molecule has 17 heavy (non-hydrogen) atoms. The molecule has 0 saturated carbocycles. The molecule has 0 aliphatic carbocycles. The van der Waals surface area contributed by atoms with E-state index in [1.807, 2.05) is 6.20 Å². The fourth-order valence-electron chi connectivity index (χ4n) is 2.99. The average molecular weight is 231 g/mol. The Bertz CT molecular complexity index is 365. The van der Waals surface area contributed by atoms with Crippen LogP contribution in [0.2, 0.25) is 0 Å². The summed E-state index contributed by atoms with van der Waals surface area (Å²) in [6.07, 6.45) is 8.47. The second kappa shape index (κ2) is 5.05. The van der Waals surface area contributed by atoms with E-state index >= 15 is 0 Å². The molecule has 0 amide bonds. The third-order valence-corrected chi connectivity index (χ3v) is 3.91. The Morgan fingerprint density at radius 3 is 2.82 bits per heavy atom. The normalized spacial score (nSPS) is 25.2. The zero-order valence-corrected chi connectivity index (χ0v) is 10.4. The van der Waals surface area contributed by atoms with Crippen LogP contribution in [-0.2, 0) is 0 Å². The van der Waals surface area contributed by atoms with Crippen LogP contribution in [-0.4, -0.2) is 24.6 Å². The predicted molar refractivity (Wildman–Crippen MR) is 70.3 cm³/mol. The van der Waals surface area contributed by atoms with Crippen molar-refractivity contribution in [1.82, 2.24) is 10.3 Å². The van der Waals surface area contributed by atoms with Gasteiger partial charge in [-0.1, -0.05) is 12.5 Å². The quantitative estimate of drug-likeness (QED) is 0.847. The number of anilines is 1. The van der Waals surface area contributed by atoms with Gasteiger partial charge in [-0.2, -0.15) is 0 Å². The fourth-order valence-corrected chi connectivity index (χ4v) is 2.99. The lowest BCUT2D eigenvalue weighted by Crippen LogP contribution is -2.29. The molecule has 3 heteroatoms. The Morgan fingerprint density at radius 1 is 1.18 bits per heavy atom. The molecule has 3 nitrogen and oxygen atoms in total. The van der Waals surface area contributed by atoms with E-state index in [4.69, 9.17) is 0 Å². The van der Waals surface area contributed by atoms with Crippen molar-refractivity contribution in [2.45, 2.75) is 38.1 Å². The fraction of sp³-hybridized carbons (Fsp3) is 0.643. The first-order valence-electron chi connectivity index (χ1n) is 6.88. The van der Waals surface area contributed by atoms with Gasteiger partial charge < -0.3 is 10.2 Å². The van der Waals surface area contributed by atoms with Crippen molar-refractivity contribution in [3.8, 4) is 0 Å². The zero-order chi connectivity index (χ0) is 11.5. The molecule has 92 valence electrons. The Hall–Kier alpha value is -1.09. The Balaban J connectivity index is 1.86. The molecular weight excluding hydrogens is 210 g/mol. The van der Waals surface area contributed by atoms with Crippen molar-refractivity contribution in [2.75, 3.05) is 24.5 Å². The van der Waals surface area contributed by atoms with Crippen LogP contribution in [0.25, 0.3) is 0 Å². The number of pyridine rings is 1. The Labute approximate surface area is 103 Å². The number of hydrogen-bond donors (Lipinski definition) is 1. The van der Waals surface area contributed by atoms with Crippen molar-refractivity contribution < 1.29 is 0 Å². The third-order valence-electron chi connectivity index (χ3n) is 3.91. The highest BCUT2D eigenvalue weighted by Gasteiger charge is 2.22. The molecular formula is C14H21N3. The van der Waals surface area contributed by atoms with Crippen molar-refractivity contribution in [3.63, 3.8) is 0 Å². The van der Waals surface area contributed by atoms with E-state index in [9.17, 15) is 0 Å². The molecule has 0 unspecified atom stereocenters. The lowest BCUT2D eigenvalue weighted by Gasteiger charge is -2.28. The first-order valence-corrected chi connectivity index (χ1v) is 6.88. The van der Waals surface area contributed by atoms with E-state index < -0.39 is 0 Å². The maximum atomic E-state index is 4.62. The molecule has 2 aliphatic rings. The van der Waals surface area contributed by atoms with Crippen LogP contribution >= 0.6 is 0 Å². The summed E-state index contributed by atoms with van der Waals surface area (Å²) in [5, 5.41) is 3.63. The molecule has 0 bridgehead atoms. The minimum absolute atomic E-state index is 0.521. The van der Waals surface area contributed by atoms with Gasteiger partial charge in [0.2, 0.25) is 0 Å². The van der Waals surface area contributed by atoms with E-state index in [1.165, 1.54) is 56.6 Å². The lowest BCUT2D eigenvalue weighted by molar-refractivity contribution is 0.411. The summed E-state index contributed by atoms with van der Waals surface area (Å²) in [6.45, 7) is 3.51. The first kappa shape index (κ1) is 11.0. The minimum Gasteiger partial charge on any atom is -0.356 e. The van der Waals surface area contributed by atoms with E-state index in [0.29, 0.717) is 6.04 Å². The molecule has 1 atom stereocenters. The van der Waals surface area contributed by atoms with E-state index in [0.717, 1.165) is 6.54 Å². The van der Waals surface area contributed by atoms with Crippen molar-refractivity contribution in [3.05, 3.63) is 23.9 Å². The number of hydrogen-bond acceptors (Lipinski definition) is 3. The van der Waals surface area contributed by atoms with Crippen LogP contribution in [0.3, 0.4) is 0 Å². The summed E-state index contributed by atoms with van der Waals surface area (Å²) in [4.78, 5) is 7.07. The van der Waals surface area contributed by atoms with Crippen molar-refractivity contribution in [1.29, 1.82) is 0 Å². The molecule has 0 radical (unpaired) electrons. The van der Waals surface area contributed by atoms with E-state index in [-0.39, 0.29) is 0 Å². The standard InChI is InChI=1S/C14H21N3/c1-2-8-15-13(7-1)12-6-5-9-16-14(12)17-10-3-4-11-17/h5-6,9,13,15H,1-4,7-8,10-11H2/t13-/m0/s1. The average Bonchev–Trinajstić information content (AvgIpc) is 2.94. The van der Waals surface area contributed by atoms with Gasteiger partial charge >= 0.3 is 0 Å². The molecule has 3 heterocycles. The van der Waals surface area contributed by atoms with Crippen molar-refractivity contribution >= 4 is 5.82 Å². The van der Waals surface area contributed by atoms with E-state index in [1.54, 1.807) is 0 Å². The number of piperidine rings is 1. The van der Waals surface area contributed by atoms with Crippen LogP contribution < -0.4 is 10.2 Å². The maximum Gasteiger partial charge on any atom is 0.133 e. The van der Waals surface area contributed by atoms with Gasteiger partial charge in [-0.15, -0.1) is 0 Å². The van der Waals surface area contributed by atoms with Gasteiger partial charge in [-0.3, -0.25) is 0 Å². The van der Waals surface area contributed by atoms with Gasteiger partial charge in [0.1, 0.15) is 5.82 Å². The SMILES string of the molecule is c1cnc(N2CCCC2)c([C@@H]2CCCCN2)c1. The Kier molecular flexibility index (Phi) is 3.27. The lowest BCUT2D eigenvalue weighted by atomic mass is 9.98. The highest BCUT2D eigenvalue weighted by atomic mass is 15.2. The Morgan fingerprint density at radius 2 is 2.06 bits per heavy atom. The monoisotopic (exact) mass is 231 g/mol. The molecule has 2 aliphatic heterocycles. The molecule has 2 fully saturated rings. The molecule has 1 aromatic rings. The number of nitrogens with zero attached hydrogens (tertiary/aromatic N) is 2. The van der Waals surface area contributed by atoms with Crippen molar-refractivity contribution in [2.24, 2.45) is 0 Å². The van der Waals surface area contributed by atoms with Gasteiger partial charge in [-0.25, -0.2) is 4.98 Å².